The number of aromatic nitrogens is 2. The highest BCUT2D eigenvalue weighted by Crippen LogP contribution is 2.17. The van der Waals surface area contributed by atoms with E-state index in [1.165, 1.54) is 17.8 Å². The van der Waals surface area contributed by atoms with Gasteiger partial charge < -0.3 is 10.1 Å². The summed E-state index contributed by atoms with van der Waals surface area (Å²) in [4.78, 5) is 32.4. The minimum atomic E-state index is -0.461. The van der Waals surface area contributed by atoms with Crippen molar-refractivity contribution in [2.45, 2.75) is 38.3 Å². The van der Waals surface area contributed by atoms with Crippen LogP contribution in [0.15, 0.2) is 29.4 Å². The molecule has 0 saturated carbocycles. The Bertz CT molecular complexity index is 822. The molecule has 0 radical (unpaired) electrons. The molecule has 0 saturated heterocycles. The van der Waals surface area contributed by atoms with Crippen LogP contribution in [-0.2, 0) is 27.2 Å². The van der Waals surface area contributed by atoms with Crippen molar-refractivity contribution in [1.29, 1.82) is 0 Å². The van der Waals surface area contributed by atoms with E-state index in [0.29, 0.717) is 23.6 Å². The molecule has 0 spiro atoms. The summed E-state index contributed by atoms with van der Waals surface area (Å²) in [5, 5.41) is 3.32. The summed E-state index contributed by atoms with van der Waals surface area (Å²) in [6.07, 6.45) is 2.88. The number of carbonyl (C=O) groups excluding carboxylic acids is 2. The molecule has 28 heavy (non-hydrogen) atoms. The molecule has 2 rings (SSSR count). The van der Waals surface area contributed by atoms with Crippen molar-refractivity contribution in [3.05, 3.63) is 52.6 Å². The molecule has 0 aliphatic rings. The van der Waals surface area contributed by atoms with Gasteiger partial charge in [-0.1, -0.05) is 30.0 Å². The molecule has 0 aliphatic carbocycles. The minimum absolute atomic E-state index is 0.145. The van der Waals surface area contributed by atoms with E-state index in [1.54, 1.807) is 18.2 Å². The fourth-order valence-corrected chi connectivity index (χ4v) is 3.15. The molecule has 0 fully saturated rings. The van der Waals surface area contributed by atoms with Crippen LogP contribution >= 0.6 is 11.8 Å². The largest absolute Gasteiger partial charge is 0.456 e. The molecule has 1 heterocycles. The minimum Gasteiger partial charge on any atom is -0.456 e. The first kappa shape index (κ1) is 21.8. The first-order valence-electron chi connectivity index (χ1n) is 8.94. The number of hydrogen-bond donors (Lipinski definition) is 1. The van der Waals surface area contributed by atoms with Gasteiger partial charge in [-0.2, -0.15) is 0 Å². The van der Waals surface area contributed by atoms with Crippen molar-refractivity contribution >= 4 is 23.6 Å². The number of esters is 1. The van der Waals surface area contributed by atoms with Crippen LogP contribution < -0.4 is 5.32 Å². The monoisotopic (exact) mass is 405 g/mol. The summed E-state index contributed by atoms with van der Waals surface area (Å²) >= 11 is 1.47. The summed E-state index contributed by atoms with van der Waals surface area (Å²) in [7, 11) is 0. The van der Waals surface area contributed by atoms with Crippen molar-refractivity contribution in [3.8, 4) is 0 Å². The highest BCUT2D eigenvalue weighted by molar-refractivity contribution is 7.98. The van der Waals surface area contributed by atoms with Crippen LogP contribution in [0.3, 0.4) is 0 Å². The third-order valence-corrected chi connectivity index (χ3v) is 4.75. The summed E-state index contributed by atoms with van der Waals surface area (Å²) in [5.41, 5.74) is 3.13. The highest BCUT2D eigenvalue weighted by atomic mass is 32.2. The number of nitrogens with one attached hydrogen (secondary N) is 1. The van der Waals surface area contributed by atoms with E-state index in [9.17, 15) is 14.0 Å². The molecule has 0 atom stereocenters. The van der Waals surface area contributed by atoms with Crippen molar-refractivity contribution < 1.29 is 18.7 Å². The number of hydrogen-bond acceptors (Lipinski definition) is 6. The molecular weight excluding hydrogens is 381 g/mol. The molecule has 150 valence electrons. The van der Waals surface area contributed by atoms with Crippen LogP contribution in [0.1, 0.15) is 28.9 Å². The lowest BCUT2D eigenvalue weighted by molar-refractivity contribution is -0.148. The van der Waals surface area contributed by atoms with Gasteiger partial charge in [0.15, 0.2) is 11.8 Å². The molecule has 6 nitrogen and oxygen atoms in total. The van der Waals surface area contributed by atoms with Gasteiger partial charge in [0.05, 0.1) is 0 Å². The zero-order valence-electron chi connectivity index (χ0n) is 16.3. The maximum Gasteiger partial charge on any atom is 0.306 e. The Balaban J connectivity index is 1.71. The number of amides is 1. The standard InChI is InChI=1S/C20H24FN3O3S/c1-13-16(14(2)24-20(23-13)28-3)8-9-19(26)27-12-18(25)22-11-10-15-6-4-5-7-17(15)21/h4-7H,8-12H2,1-3H3,(H,22,25). The molecule has 0 unspecified atom stereocenters. The zero-order chi connectivity index (χ0) is 20.5. The summed E-state index contributed by atoms with van der Waals surface area (Å²) in [6, 6.07) is 6.40. The Hall–Kier alpha value is -2.48. The second-order valence-electron chi connectivity index (χ2n) is 6.21. The maximum atomic E-state index is 13.5. The lowest BCUT2D eigenvalue weighted by Gasteiger charge is -2.10. The predicted molar refractivity (Wildman–Crippen MR) is 106 cm³/mol. The number of halogens is 1. The zero-order valence-corrected chi connectivity index (χ0v) is 17.1. The van der Waals surface area contributed by atoms with Gasteiger partial charge in [-0.05, 0) is 50.1 Å². The second kappa shape index (κ2) is 10.8. The lowest BCUT2D eigenvalue weighted by Crippen LogP contribution is -2.30. The third kappa shape index (κ3) is 6.60. The van der Waals surface area contributed by atoms with Crippen LogP contribution in [0, 0.1) is 19.7 Å². The van der Waals surface area contributed by atoms with E-state index in [-0.39, 0.29) is 25.4 Å². The van der Waals surface area contributed by atoms with Gasteiger partial charge in [-0.15, -0.1) is 0 Å². The third-order valence-electron chi connectivity index (χ3n) is 4.20. The molecule has 1 amide bonds. The fraction of sp³-hybridized carbons (Fsp3) is 0.400. The molecule has 1 N–H and O–H groups in total. The molecule has 0 aliphatic heterocycles. The van der Waals surface area contributed by atoms with Gasteiger partial charge in [0.2, 0.25) is 0 Å². The average molecular weight is 405 g/mol. The van der Waals surface area contributed by atoms with Crippen LogP contribution in [-0.4, -0.2) is 41.3 Å². The van der Waals surface area contributed by atoms with E-state index >= 15 is 0 Å². The van der Waals surface area contributed by atoms with Crippen molar-refractivity contribution in [1.82, 2.24) is 15.3 Å². The highest BCUT2D eigenvalue weighted by Gasteiger charge is 2.12. The van der Waals surface area contributed by atoms with E-state index in [0.717, 1.165) is 17.0 Å². The fourth-order valence-electron chi connectivity index (χ4n) is 2.70. The van der Waals surface area contributed by atoms with Crippen molar-refractivity contribution in [3.63, 3.8) is 0 Å². The quantitative estimate of drug-likeness (QED) is 0.393. The van der Waals surface area contributed by atoms with Crippen LogP contribution in [0.5, 0.6) is 0 Å². The van der Waals surface area contributed by atoms with Crippen LogP contribution in [0.4, 0.5) is 4.39 Å². The number of carbonyl (C=O) groups is 2. The first-order valence-corrected chi connectivity index (χ1v) is 10.2. The topological polar surface area (TPSA) is 81.2 Å². The summed E-state index contributed by atoms with van der Waals surface area (Å²) in [5.74, 6) is -1.18. The number of benzene rings is 1. The molecule has 2 aromatic rings. The molecular formula is C20H24FN3O3S. The Morgan fingerprint density at radius 2 is 1.82 bits per heavy atom. The number of rotatable bonds is 9. The van der Waals surface area contributed by atoms with Gasteiger partial charge in [-0.3, -0.25) is 9.59 Å². The molecule has 0 bridgehead atoms. The molecule has 8 heteroatoms. The Labute approximate surface area is 168 Å². The van der Waals surface area contributed by atoms with E-state index in [1.807, 2.05) is 20.1 Å². The normalized spacial score (nSPS) is 10.6. The number of aryl methyl sites for hydroxylation is 2. The Morgan fingerprint density at radius 1 is 1.14 bits per heavy atom. The molecule has 1 aromatic heterocycles. The van der Waals surface area contributed by atoms with Crippen LogP contribution in [0.25, 0.3) is 0 Å². The lowest BCUT2D eigenvalue weighted by atomic mass is 10.1. The van der Waals surface area contributed by atoms with Gasteiger partial charge in [0, 0.05) is 24.4 Å². The smallest absolute Gasteiger partial charge is 0.306 e. The number of nitrogens with zero attached hydrogens (tertiary/aromatic N) is 2. The van der Waals surface area contributed by atoms with E-state index in [2.05, 4.69) is 15.3 Å². The van der Waals surface area contributed by atoms with E-state index in [4.69, 9.17) is 4.74 Å². The van der Waals surface area contributed by atoms with Gasteiger partial charge >= 0.3 is 5.97 Å². The van der Waals surface area contributed by atoms with Crippen molar-refractivity contribution in [2.75, 3.05) is 19.4 Å². The SMILES string of the molecule is CSc1nc(C)c(CCC(=O)OCC(=O)NCCc2ccccc2F)c(C)n1. The van der Waals surface area contributed by atoms with Crippen LogP contribution in [0.2, 0.25) is 0 Å². The average Bonchev–Trinajstić information content (AvgIpc) is 2.67. The second-order valence-corrected chi connectivity index (χ2v) is 6.99. The summed E-state index contributed by atoms with van der Waals surface area (Å²) < 4.78 is 18.5. The van der Waals surface area contributed by atoms with E-state index < -0.39 is 11.9 Å². The number of ether oxygens (including phenoxy) is 1. The van der Waals surface area contributed by atoms with Crippen molar-refractivity contribution in [2.24, 2.45) is 0 Å². The maximum absolute atomic E-state index is 13.5. The van der Waals surface area contributed by atoms with Gasteiger partial charge in [-0.25, -0.2) is 14.4 Å². The Morgan fingerprint density at radius 3 is 2.46 bits per heavy atom. The number of thioether (sulfide) groups is 1. The van der Waals surface area contributed by atoms with Gasteiger partial charge in [0.25, 0.3) is 5.91 Å². The summed E-state index contributed by atoms with van der Waals surface area (Å²) in [6.45, 7) is 3.70. The predicted octanol–water partition coefficient (Wildman–Crippen LogP) is 2.79. The van der Waals surface area contributed by atoms with Gasteiger partial charge in [0.1, 0.15) is 5.82 Å². The Kier molecular flexibility index (Phi) is 8.38. The first-order chi connectivity index (χ1) is 13.4. The molecule has 1 aromatic carbocycles.